The number of hydrogen-bond donors (Lipinski definition) is 0. The molecule has 0 saturated heterocycles. The van der Waals surface area contributed by atoms with Gasteiger partial charge >= 0.3 is 0 Å². The van der Waals surface area contributed by atoms with Gasteiger partial charge in [-0.3, -0.25) is 0 Å². The summed E-state index contributed by atoms with van der Waals surface area (Å²) >= 11 is 0. The zero-order valence-electron chi connectivity index (χ0n) is 12.2. The molecule has 102 valence electrons. The highest BCUT2D eigenvalue weighted by Gasteiger charge is 1.94. The number of rotatable bonds is 1. The molecule has 0 atom stereocenters. The van der Waals surface area contributed by atoms with Crippen molar-refractivity contribution in [2.45, 2.75) is 55.4 Å². The third-order valence-corrected chi connectivity index (χ3v) is 2.47. The van der Waals surface area contributed by atoms with E-state index in [1.54, 1.807) is 0 Å². The Kier molecular flexibility index (Phi) is 11.5. The molecule has 0 nitrogen and oxygen atoms in total. The van der Waals surface area contributed by atoms with Crippen LogP contribution in [0.1, 0.15) is 53.2 Å². The van der Waals surface area contributed by atoms with Gasteiger partial charge in [0.1, 0.15) is 0 Å². The summed E-state index contributed by atoms with van der Waals surface area (Å²) in [7, 11) is 0. The monoisotopic (exact) mass is 246 g/mol. The lowest BCUT2D eigenvalue weighted by molar-refractivity contribution is 1.15. The lowest BCUT2D eigenvalue weighted by atomic mass is 10.0. The first-order valence-corrected chi connectivity index (χ1v) is 6.79. The molecule has 0 fully saturated rings. The van der Waals surface area contributed by atoms with Crippen LogP contribution in [0.15, 0.2) is 36.4 Å². The van der Waals surface area contributed by atoms with E-state index >= 15 is 0 Å². The molecule has 18 heavy (non-hydrogen) atoms. The lowest BCUT2D eigenvalue weighted by Gasteiger charge is -2.01. The molecule has 0 aliphatic carbocycles. The maximum absolute atomic E-state index is 2.27. The van der Waals surface area contributed by atoms with Gasteiger partial charge in [0.2, 0.25) is 0 Å². The molecule has 2 rings (SSSR count). The Labute approximate surface area is 114 Å². The topological polar surface area (TPSA) is 0 Å². The second-order valence-corrected chi connectivity index (χ2v) is 3.54. The van der Waals surface area contributed by atoms with Crippen molar-refractivity contribution in [3.05, 3.63) is 47.5 Å². The first-order valence-electron chi connectivity index (χ1n) is 6.79. The minimum absolute atomic E-state index is 0. The highest BCUT2D eigenvalue weighted by atomic mass is 14.0. The van der Waals surface area contributed by atoms with Crippen LogP contribution >= 0.6 is 0 Å². The molecule has 0 N–H and O–H groups in total. The Bertz CT molecular complexity index is 427. The van der Waals surface area contributed by atoms with E-state index in [2.05, 4.69) is 50.2 Å². The molecular formula is C18H30. The zero-order chi connectivity index (χ0) is 13.3. The third-order valence-electron chi connectivity index (χ3n) is 2.47. The minimum Gasteiger partial charge on any atom is -0.0776 e. The normalized spacial score (nSPS) is 8.33. The van der Waals surface area contributed by atoms with Crippen molar-refractivity contribution in [3.8, 4) is 0 Å². The Morgan fingerprint density at radius 1 is 0.778 bits per heavy atom. The first-order chi connectivity index (χ1) is 8.29. The van der Waals surface area contributed by atoms with Gasteiger partial charge in [0, 0.05) is 0 Å². The molecule has 0 unspecified atom stereocenters. The average molecular weight is 246 g/mol. The molecule has 0 aromatic heterocycles. The molecule has 0 spiro atoms. The highest BCUT2D eigenvalue weighted by Crippen LogP contribution is 2.17. The van der Waals surface area contributed by atoms with Crippen LogP contribution in [0.5, 0.6) is 0 Å². The summed E-state index contributed by atoms with van der Waals surface area (Å²) in [4.78, 5) is 0. The van der Waals surface area contributed by atoms with Gasteiger partial charge in [0.15, 0.2) is 0 Å². The summed E-state index contributed by atoms with van der Waals surface area (Å²) in [5, 5.41) is 2.70. The number of aryl methyl sites for hydroxylation is 2. The van der Waals surface area contributed by atoms with Crippen molar-refractivity contribution in [1.29, 1.82) is 0 Å². The maximum atomic E-state index is 2.27. The van der Waals surface area contributed by atoms with Crippen molar-refractivity contribution in [1.82, 2.24) is 0 Å². The van der Waals surface area contributed by atoms with Gasteiger partial charge in [0.05, 0.1) is 0 Å². The van der Waals surface area contributed by atoms with Crippen LogP contribution in [-0.2, 0) is 6.42 Å². The maximum Gasteiger partial charge on any atom is -0.0181 e. The van der Waals surface area contributed by atoms with Crippen LogP contribution in [0.4, 0.5) is 0 Å². The van der Waals surface area contributed by atoms with E-state index in [1.807, 2.05) is 27.7 Å². The molecule has 0 heterocycles. The van der Waals surface area contributed by atoms with E-state index in [-0.39, 0.29) is 7.43 Å². The van der Waals surface area contributed by atoms with E-state index < -0.39 is 0 Å². The van der Waals surface area contributed by atoms with Crippen molar-refractivity contribution in [2.75, 3.05) is 0 Å². The fourth-order valence-electron chi connectivity index (χ4n) is 1.63. The van der Waals surface area contributed by atoms with E-state index in [0.717, 1.165) is 6.42 Å². The Morgan fingerprint density at radius 3 is 1.83 bits per heavy atom. The molecule has 0 heteroatoms. The SMILES string of the molecule is C.CC.CC.CCc1ccc2cc(C)ccc2c1. The summed E-state index contributed by atoms with van der Waals surface area (Å²) in [6.45, 7) is 12.3. The van der Waals surface area contributed by atoms with Gasteiger partial charge < -0.3 is 0 Å². The first kappa shape index (κ1) is 19.0. The molecule has 0 saturated carbocycles. The van der Waals surface area contributed by atoms with Crippen molar-refractivity contribution in [3.63, 3.8) is 0 Å². The second-order valence-electron chi connectivity index (χ2n) is 3.54. The molecule has 0 bridgehead atoms. The van der Waals surface area contributed by atoms with Crippen LogP contribution in [-0.4, -0.2) is 0 Å². The second kappa shape index (κ2) is 10.8. The number of hydrogen-bond acceptors (Lipinski definition) is 0. The van der Waals surface area contributed by atoms with Gasteiger partial charge in [-0.2, -0.15) is 0 Å². The minimum atomic E-state index is 0. The van der Waals surface area contributed by atoms with Gasteiger partial charge in [-0.05, 0) is 29.7 Å². The van der Waals surface area contributed by atoms with Gasteiger partial charge in [-0.25, -0.2) is 0 Å². The van der Waals surface area contributed by atoms with Crippen molar-refractivity contribution < 1.29 is 0 Å². The Morgan fingerprint density at radius 2 is 1.28 bits per heavy atom. The van der Waals surface area contributed by atoms with Crippen LogP contribution in [0.2, 0.25) is 0 Å². The summed E-state index contributed by atoms with van der Waals surface area (Å²) in [5.41, 5.74) is 2.74. The van der Waals surface area contributed by atoms with E-state index in [0.29, 0.717) is 0 Å². The summed E-state index contributed by atoms with van der Waals surface area (Å²) in [6.07, 6.45) is 1.11. The fraction of sp³-hybridized carbons (Fsp3) is 0.444. The zero-order valence-corrected chi connectivity index (χ0v) is 12.2. The van der Waals surface area contributed by atoms with Crippen molar-refractivity contribution in [2.24, 2.45) is 0 Å². The summed E-state index contributed by atoms with van der Waals surface area (Å²) in [5.74, 6) is 0. The average Bonchev–Trinajstić information content (AvgIpc) is 2.42. The number of fused-ring (bicyclic) bond motifs is 1. The molecule has 0 aliphatic rings. The lowest BCUT2D eigenvalue weighted by Crippen LogP contribution is -1.80. The third kappa shape index (κ3) is 5.35. The fourth-order valence-corrected chi connectivity index (χ4v) is 1.63. The van der Waals surface area contributed by atoms with Gasteiger partial charge in [-0.15, -0.1) is 0 Å². The predicted octanol–water partition coefficient (Wildman–Crippen LogP) is 6.40. The highest BCUT2D eigenvalue weighted by molar-refractivity contribution is 5.83. The Hall–Kier alpha value is -1.30. The standard InChI is InChI=1S/C13H14.2C2H6.CH4/c1-3-11-5-7-12-8-10(2)4-6-13(12)9-11;2*1-2;/h4-9H,3H2,1-2H3;2*1-2H3;1H4. The van der Waals surface area contributed by atoms with Gasteiger partial charge in [0.25, 0.3) is 0 Å². The molecular weight excluding hydrogens is 216 g/mol. The van der Waals surface area contributed by atoms with E-state index in [1.165, 1.54) is 21.9 Å². The van der Waals surface area contributed by atoms with Crippen molar-refractivity contribution >= 4 is 10.8 Å². The van der Waals surface area contributed by atoms with Crippen LogP contribution in [0.3, 0.4) is 0 Å². The van der Waals surface area contributed by atoms with Crippen LogP contribution in [0, 0.1) is 6.92 Å². The predicted molar refractivity (Wildman–Crippen MR) is 87.5 cm³/mol. The van der Waals surface area contributed by atoms with Crippen LogP contribution in [0.25, 0.3) is 10.8 Å². The summed E-state index contributed by atoms with van der Waals surface area (Å²) < 4.78 is 0. The largest absolute Gasteiger partial charge is 0.0776 e. The molecule has 0 radical (unpaired) electrons. The number of benzene rings is 2. The van der Waals surface area contributed by atoms with Gasteiger partial charge in [-0.1, -0.05) is 84.0 Å². The molecule has 2 aromatic rings. The Balaban J connectivity index is 0. The smallest absolute Gasteiger partial charge is 0.0181 e. The van der Waals surface area contributed by atoms with Crippen LogP contribution < -0.4 is 0 Å². The molecule has 0 amide bonds. The molecule has 0 aliphatic heterocycles. The quantitative estimate of drug-likeness (QED) is 0.546. The van der Waals surface area contributed by atoms with E-state index in [9.17, 15) is 0 Å². The molecule has 2 aromatic carbocycles. The summed E-state index contributed by atoms with van der Waals surface area (Å²) in [6, 6.07) is 13.3. The van der Waals surface area contributed by atoms with E-state index in [4.69, 9.17) is 0 Å².